The predicted molar refractivity (Wildman–Crippen MR) is 122 cm³/mol. The zero-order valence-corrected chi connectivity index (χ0v) is 18.9. The molecule has 0 amide bonds. The van der Waals surface area contributed by atoms with Gasteiger partial charge in [0.1, 0.15) is 40.3 Å². The maximum Gasteiger partial charge on any atom is 0.204 e. The molecular weight excluding hydrogens is 428 g/mol. The van der Waals surface area contributed by atoms with Gasteiger partial charge in [-0.05, 0) is 51.5 Å². The van der Waals surface area contributed by atoms with Crippen molar-refractivity contribution in [3.05, 3.63) is 57.3 Å². The molecule has 8 heteroatoms. The Balaban J connectivity index is 2.08. The summed E-state index contributed by atoms with van der Waals surface area (Å²) < 4.78 is 11.9. The van der Waals surface area contributed by atoms with E-state index in [0.717, 1.165) is 0 Å². The summed E-state index contributed by atoms with van der Waals surface area (Å²) in [6.45, 7) is 10.3. The Morgan fingerprint density at radius 3 is 2.52 bits per heavy atom. The van der Waals surface area contributed by atoms with Crippen LogP contribution in [0.2, 0.25) is 0 Å². The summed E-state index contributed by atoms with van der Waals surface area (Å²) in [7, 11) is 0. The monoisotopic (exact) mass is 456 g/mol. The fourth-order valence-electron chi connectivity index (χ4n) is 4.40. The van der Waals surface area contributed by atoms with Crippen LogP contribution in [0.25, 0.3) is 21.9 Å². The number of phenols is 1. The molecule has 0 fully saturated rings. The van der Waals surface area contributed by atoms with E-state index in [-0.39, 0.29) is 45.4 Å². The second-order valence-corrected chi connectivity index (χ2v) is 9.37. The molecule has 2 aromatic carbocycles. The normalized spacial score (nSPS) is 20.4. The van der Waals surface area contributed by atoms with Gasteiger partial charge in [0.25, 0.3) is 0 Å². The van der Waals surface area contributed by atoms with E-state index < -0.39 is 35.3 Å². The molecule has 2 heterocycles. The lowest BCUT2D eigenvalue weighted by Gasteiger charge is -2.32. The number of aryl methyl sites for hydroxylation is 1. The molecule has 0 radical (unpaired) electrons. The van der Waals surface area contributed by atoms with Gasteiger partial charge in [-0.25, -0.2) is 0 Å². The molecule has 4 unspecified atom stereocenters. The van der Waals surface area contributed by atoms with E-state index in [1.54, 1.807) is 19.9 Å². The van der Waals surface area contributed by atoms with Crippen molar-refractivity contribution >= 4 is 21.9 Å². The first-order chi connectivity index (χ1) is 15.3. The molecule has 0 aliphatic carbocycles. The first-order valence-electron chi connectivity index (χ1n) is 10.6. The van der Waals surface area contributed by atoms with E-state index in [4.69, 9.17) is 9.15 Å². The van der Waals surface area contributed by atoms with Crippen molar-refractivity contribution in [2.24, 2.45) is 5.92 Å². The lowest BCUT2D eigenvalue weighted by Crippen LogP contribution is -2.40. The predicted octanol–water partition coefficient (Wildman–Crippen LogP) is 2.74. The molecule has 0 saturated carbocycles. The molecule has 4 atom stereocenters. The Morgan fingerprint density at radius 2 is 1.91 bits per heavy atom. The van der Waals surface area contributed by atoms with Crippen molar-refractivity contribution in [1.29, 1.82) is 0 Å². The summed E-state index contributed by atoms with van der Waals surface area (Å²) in [5, 5.41) is 52.7. The van der Waals surface area contributed by atoms with Gasteiger partial charge in [-0.2, -0.15) is 0 Å². The first kappa shape index (κ1) is 23.3. The number of phenolic OH excluding ortho intramolecular Hbond substituents is 1. The van der Waals surface area contributed by atoms with Crippen LogP contribution < -0.4 is 10.2 Å². The number of benzene rings is 2. The minimum Gasteiger partial charge on any atom is -0.507 e. The topological polar surface area (TPSA) is 141 Å². The highest BCUT2D eigenvalue weighted by molar-refractivity contribution is 5.97. The standard InChI is InChI=1S/C25H28O8/c1-10(2)13-9-32-22-11(3)8-15-17(18(22)19(13)27)21(29)16-14(26)7-6-12(23(16)33-15)20(28)24(30)25(4,5)31/h6-8,13,19-20,24,26-28,30-31H,1,9H2,2-5H3. The van der Waals surface area contributed by atoms with Crippen molar-refractivity contribution in [3.63, 3.8) is 0 Å². The first-order valence-corrected chi connectivity index (χ1v) is 10.6. The maximum atomic E-state index is 13.7. The minimum atomic E-state index is -1.64. The molecular formula is C25H28O8. The van der Waals surface area contributed by atoms with Crippen molar-refractivity contribution in [3.8, 4) is 11.5 Å². The van der Waals surface area contributed by atoms with E-state index in [0.29, 0.717) is 16.9 Å². The van der Waals surface area contributed by atoms with Gasteiger partial charge in [-0.3, -0.25) is 4.79 Å². The van der Waals surface area contributed by atoms with Crippen molar-refractivity contribution in [1.82, 2.24) is 0 Å². The third kappa shape index (κ3) is 3.59. The fraction of sp³-hybridized carbons (Fsp3) is 0.400. The number of ether oxygens (including phenoxy) is 1. The number of aliphatic hydroxyl groups excluding tert-OH is 3. The van der Waals surface area contributed by atoms with Crippen LogP contribution in [-0.2, 0) is 0 Å². The Morgan fingerprint density at radius 1 is 1.24 bits per heavy atom. The molecule has 176 valence electrons. The number of rotatable bonds is 4. The van der Waals surface area contributed by atoms with E-state index in [2.05, 4.69) is 6.58 Å². The van der Waals surface area contributed by atoms with Crippen LogP contribution in [-0.4, -0.2) is 43.8 Å². The Bertz CT molecular complexity index is 1330. The smallest absolute Gasteiger partial charge is 0.204 e. The second-order valence-electron chi connectivity index (χ2n) is 9.37. The van der Waals surface area contributed by atoms with Crippen LogP contribution in [0.4, 0.5) is 0 Å². The van der Waals surface area contributed by atoms with Crippen LogP contribution in [0.5, 0.6) is 11.5 Å². The summed E-state index contributed by atoms with van der Waals surface area (Å²) >= 11 is 0. The van der Waals surface area contributed by atoms with Gasteiger partial charge < -0.3 is 34.7 Å². The summed E-state index contributed by atoms with van der Waals surface area (Å²) in [5.74, 6) is -0.431. The van der Waals surface area contributed by atoms with Gasteiger partial charge in [0.15, 0.2) is 0 Å². The lowest BCUT2D eigenvalue weighted by atomic mass is 9.85. The minimum absolute atomic E-state index is 0.0309. The zero-order valence-electron chi connectivity index (χ0n) is 18.9. The quantitative estimate of drug-likeness (QED) is 0.298. The SMILES string of the molecule is C=C(C)C1COc2c(C)cc3oc4c(C(O)C(O)C(C)(C)O)ccc(O)c4c(=O)c3c2C1O. The van der Waals surface area contributed by atoms with Gasteiger partial charge in [0.2, 0.25) is 5.43 Å². The molecule has 5 N–H and O–H groups in total. The zero-order chi connectivity index (χ0) is 24.4. The third-order valence-electron chi connectivity index (χ3n) is 6.36. The number of aromatic hydroxyl groups is 1. The van der Waals surface area contributed by atoms with Crippen LogP contribution in [0.1, 0.15) is 49.7 Å². The number of fused-ring (bicyclic) bond motifs is 4. The van der Waals surface area contributed by atoms with Gasteiger partial charge in [0.05, 0.1) is 23.7 Å². The number of hydrogen-bond donors (Lipinski definition) is 5. The van der Waals surface area contributed by atoms with Gasteiger partial charge in [-0.15, -0.1) is 0 Å². The van der Waals surface area contributed by atoms with Crippen LogP contribution in [0.3, 0.4) is 0 Å². The molecule has 1 aliphatic rings. The molecule has 1 aromatic heterocycles. The van der Waals surface area contributed by atoms with Crippen molar-refractivity contribution in [2.45, 2.75) is 51.6 Å². The summed E-state index contributed by atoms with van der Waals surface area (Å²) in [6, 6.07) is 4.13. The summed E-state index contributed by atoms with van der Waals surface area (Å²) in [6.07, 6.45) is -4.26. The van der Waals surface area contributed by atoms with Crippen molar-refractivity contribution < 1.29 is 34.7 Å². The average Bonchev–Trinajstić information content (AvgIpc) is 2.72. The highest BCUT2D eigenvalue weighted by atomic mass is 16.5. The average molecular weight is 456 g/mol. The summed E-state index contributed by atoms with van der Waals surface area (Å²) in [5.41, 5.74) is -0.618. The van der Waals surface area contributed by atoms with E-state index in [9.17, 15) is 30.3 Å². The van der Waals surface area contributed by atoms with Crippen LogP contribution >= 0.6 is 0 Å². The molecule has 8 nitrogen and oxygen atoms in total. The molecule has 4 rings (SSSR count). The highest BCUT2D eigenvalue weighted by Crippen LogP contribution is 2.45. The van der Waals surface area contributed by atoms with Crippen molar-refractivity contribution in [2.75, 3.05) is 6.61 Å². The molecule has 1 aliphatic heterocycles. The van der Waals surface area contributed by atoms with Gasteiger partial charge >= 0.3 is 0 Å². The molecule has 0 saturated heterocycles. The molecule has 0 spiro atoms. The van der Waals surface area contributed by atoms with E-state index >= 15 is 0 Å². The van der Waals surface area contributed by atoms with Gasteiger partial charge in [-0.1, -0.05) is 12.2 Å². The maximum absolute atomic E-state index is 13.7. The van der Waals surface area contributed by atoms with Crippen LogP contribution in [0.15, 0.2) is 39.6 Å². The Hall–Kier alpha value is -2.91. The molecule has 0 bridgehead atoms. The van der Waals surface area contributed by atoms with Crippen LogP contribution in [0, 0.1) is 12.8 Å². The number of hydrogen-bond acceptors (Lipinski definition) is 8. The lowest BCUT2D eigenvalue weighted by molar-refractivity contribution is -0.107. The fourth-order valence-corrected chi connectivity index (χ4v) is 4.40. The Kier molecular flexibility index (Phi) is 5.53. The highest BCUT2D eigenvalue weighted by Gasteiger charge is 2.37. The Labute approximate surface area is 190 Å². The molecule has 33 heavy (non-hydrogen) atoms. The van der Waals surface area contributed by atoms with E-state index in [1.165, 1.54) is 26.0 Å². The number of aliphatic hydroxyl groups is 4. The molecule has 3 aromatic rings. The summed E-state index contributed by atoms with van der Waals surface area (Å²) in [4.78, 5) is 13.7. The largest absolute Gasteiger partial charge is 0.507 e. The third-order valence-corrected chi connectivity index (χ3v) is 6.36. The van der Waals surface area contributed by atoms with E-state index in [1.807, 2.05) is 0 Å². The van der Waals surface area contributed by atoms with Gasteiger partial charge in [0, 0.05) is 17.0 Å². The second kappa shape index (κ2) is 7.85.